The molecule has 0 radical (unpaired) electrons. The number of nitrogens with zero attached hydrogens (tertiary/aromatic N) is 3. The molecule has 1 unspecified atom stereocenters. The SMILES string of the molecule is COCCC(C)(O)CNc1nc(C)cc(C#N)n1. The summed E-state index contributed by atoms with van der Waals surface area (Å²) in [5.74, 6) is 0.351. The second kappa shape index (κ2) is 6.28. The lowest BCUT2D eigenvalue weighted by Gasteiger charge is -2.23. The van der Waals surface area contributed by atoms with E-state index < -0.39 is 5.60 Å². The van der Waals surface area contributed by atoms with Crippen LogP contribution in [0.1, 0.15) is 24.7 Å². The van der Waals surface area contributed by atoms with E-state index in [1.165, 1.54) is 0 Å². The molecule has 1 aromatic heterocycles. The third kappa shape index (κ3) is 4.65. The molecule has 0 spiro atoms. The Labute approximate surface area is 107 Å². The quantitative estimate of drug-likeness (QED) is 0.778. The highest BCUT2D eigenvalue weighted by Crippen LogP contribution is 2.11. The summed E-state index contributed by atoms with van der Waals surface area (Å²) in [4.78, 5) is 8.16. The predicted octanol–water partition coefficient (Wildman–Crippen LogP) is 0.856. The van der Waals surface area contributed by atoms with E-state index in [-0.39, 0.29) is 0 Å². The van der Waals surface area contributed by atoms with E-state index in [1.807, 2.05) is 6.07 Å². The van der Waals surface area contributed by atoms with E-state index in [4.69, 9.17) is 10.00 Å². The van der Waals surface area contributed by atoms with Crippen LogP contribution >= 0.6 is 0 Å². The number of nitriles is 1. The van der Waals surface area contributed by atoms with Gasteiger partial charge in [-0.25, -0.2) is 9.97 Å². The zero-order chi connectivity index (χ0) is 13.6. The summed E-state index contributed by atoms with van der Waals surface area (Å²) in [6.07, 6.45) is 0.507. The highest BCUT2D eigenvalue weighted by Gasteiger charge is 2.20. The molecule has 0 aromatic carbocycles. The Kier molecular flexibility index (Phi) is 5.01. The molecule has 2 N–H and O–H groups in total. The van der Waals surface area contributed by atoms with Crippen molar-refractivity contribution in [1.82, 2.24) is 9.97 Å². The largest absolute Gasteiger partial charge is 0.388 e. The Bertz CT molecular complexity index is 440. The minimum Gasteiger partial charge on any atom is -0.388 e. The van der Waals surface area contributed by atoms with Crippen molar-refractivity contribution in [2.75, 3.05) is 25.6 Å². The fraction of sp³-hybridized carbons (Fsp3) is 0.583. The van der Waals surface area contributed by atoms with Crippen LogP contribution in [-0.4, -0.2) is 40.9 Å². The molecule has 1 atom stereocenters. The van der Waals surface area contributed by atoms with Crippen LogP contribution in [0.2, 0.25) is 0 Å². The van der Waals surface area contributed by atoms with Crippen LogP contribution in [-0.2, 0) is 4.74 Å². The van der Waals surface area contributed by atoms with E-state index >= 15 is 0 Å². The predicted molar refractivity (Wildman–Crippen MR) is 67.1 cm³/mol. The van der Waals surface area contributed by atoms with Gasteiger partial charge in [0.25, 0.3) is 0 Å². The number of hydrogen-bond acceptors (Lipinski definition) is 6. The number of rotatable bonds is 6. The average Bonchev–Trinajstić information content (AvgIpc) is 2.33. The zero-order valence-corrected chi connectivity index (χ0v) is 10.9. The second-order valence-electron chi connectivity index (χ2n) is 4.42. The summed E-state index contributed by atoms with van der Waals surface area (Å²) in [6.45, 7) is 4.27. The first-order valence-corrected chi connectivity index (χ1v) is 5.68. The maximum Gasteiger partial charge on any atom is 0.224 e. The molecule has 0 fully saturated rings. The molecule has 0 saturated carbocycles. The van der Waals surface area contributed by atoms with Crippen molar-refractivity contribution in [2.45, 2.75) is 25.9 Å². The molecule has 0 aliphatic rings. The third-order valence-corrected chi connectivity index (χ3v) is 2.44. The fourth-order valence-electron chi connectivity index (χ4n) is 1.38. The molecule has 0 aliphatic heterocycles. The van der Waals surface area contributed by atoms with Crippen molar-refractivity contribution in [2.24, 2.45) is 0 Å². The van der Waals surface area contributed by atoms with Crippen LogP contribution in [0.4, 0.5) is 5.95 Å². The zero-order valence-electron chi connectivity index (χ0n) is 10.9. The number of aryl methyl sites for hydroxylation is 1. The molecule has 1 aromatic rings. The van der Waals surface area contributed by atoms with Crippen LogP contribution in [0.15, 0.2) is 6.07 Å². The van der Waals surface area contributed by atoms with Gasteiger partial charge in [0.15, 0.2) is 0 Å². The lowest BCUT2D eigenvalue weighted by Crippen LogP contribution is -2.35. The van der Waals surface area contributed by atoms with Gasteiger partial charge in [-0.2, -0.15) is 5.26 Å². The van der Waals surface area contributed by atoms with Crippen molar-refractivity contribution in [3.8, 4) is 6.07 Å². The van der Waals surface area contributed by atoms with Crippen LogP contribution < -0.4 is 5.32 Å². The highest BCUT2D eigenvalue weighted by molar-refractivity contribution is 5.33. The molecule has 0 aliphatic carbocycles. The number of aromatic nitrogens is 2. The molecule has 6 heteroatoms. The molecular weight excluding hydrogens is 232 g/mol. The van der Waals surface area contributed by atoms with E-state index in [0.29, 0.717) is 36.9 Å². The smallest absolute Gasteiger partial charge is 0.224 e. The molecular formula is C12H18N4O2. The Morgan fingerprint density at radius 3 is 2.89 bits per heavy atom. The first-order chi connectivity index (χ1) is 8.46. The van der Waals surface area contributed by atoms with E-state index in [0.717, 1.165) is 0 Å². The molecule has 1 rings (SSSR count). The Morgan fingerprint density at radius 2 is 2.28 bits per heavy atom. The molecule has 1 heterocycles. The van der Waals surface area contributed by atoms with Crippen LogP contribution in [0.25, 0.3) is 0 Å². The lowest BCUT2D eigenvalue weighted by atomic mass is 10.0. The van der Waals surface area contributed by atoms with Gasteiger partial charge in [-0.05, 0) is 19.9 Å². The first kappa shape index (κ1) is 14.4. The number of anilines is 1. The average molecular weight is 250 g/mol. The van der Waals surface area contributed by atoms with E-state index in [9.17, 15) is 5.11 Å². The van der Waals surface area contributed by atoms with Gasteiger partial charge in [0.05, 0.1) is 5.60 Å². The van der Waals surface area contributed by atoms with Crippen LogP contribution in [0.3, 0.4) is 0 Å². The standard InChI is InChI=1S/C12H18N4O2/c1-9-6-10(7-13)16-11(15-9)14-8-12(2,17)4-5-18-3/h6,17H,4-5,8H2,1-3H3,(H,14,15,16). The summed E-state index contributed by atoms with van der Waals surface area (Å²) >= 11 is 0. The van der Waals surface area contributed by atoms with Gasteiger partial charge in [0.1, 0.15) is 11.8 Å². The van der Waals surface area contributed by atoms with Gasteiger partial charge in [-0.15, -0.1) is 0 Å². The summed E-state index contributed by atoms with van der Waals surface area (Å²) < 4.78 is 4.92. The number of aliphatic hydroxyl groups is 1. The topological polar surface area (TPSA) is 91.1 Å². The molecule has 6 nitrogen and oxygen atoms in total. The van der Waals surface area contributed by atoms with Gasteiger partial charge < -0.3 is 15.2 Å². The Balaban J connectivity index is 2.63. The van der Waals surface area contributed by atoms with Gasteiger partial charge in [0, 0.05) is 32.4 Å². The van der Waals surface area contributed by atoms with Gasteiger partial charge in [-0.3, -0.25) is 0 Å². The monoisotopic (exact) mass is 250 g/mol. The minimum absolute atomic E-state index is 0.296. The van der Waals surface area contributed by atoms with Crippen molar-refractivity contribution in [3.63, 3.8) is 0 Å². The van der Waals surface area contributed by atoms with Crippen molar-refractivity contribution in [3.05, 3.63) is 17.5 Å². The summed E-state index contributed by atoms with van der Waals surface area (Å²) in [6, 6.07) is 3.57. The van der Waals surface area contributed by atoms with Gasteiger partial charge in [-0.1, -0.05) is 0 Å². The molecule has 0 bridgehead atoms. The fourth-order valence-corrected chi connectivity index (χ4v) is 1.38. The van der Waals surface area contributed by atoms with Crippen LogP contribution in [0, 0.1) is 18.3 Å². The van der Waals surface area contributed by atoms with Gasteiger partial charge in [0.2, 0.25) is 5.95 Å². The summed E-state index contributed by atoms with van der Waals surface area (Å²) in [7, 11) is 1.59. The Morgan fingerprint density at radius 1 is 1.56 bits per heavy atom. The summed E-state index contributed by atoms with van der Waals surface area (Å²) in [5, 5.41) is 21.8. The third-order valence-electron chi connectivity index (χ3n) is 2.44. The normalized spacial score (nSPS) is 13.7. The number of ether oxygens (including phenoxy) is 1. The maximum atomic E-state index is 10.0. The second-order valence-corrected chi connectivity index (χ2v) is 4.42. The first-order valence-electron chi connectivity index (χ1n) is 5.68. The van der Waals surface area contributed by atoms with Gasteiger partial charge >= 0.3 is 0 Å². The minimum atomic E-state index is -0.907. The lowest BCUT2D eigenvalue weighted by molar-refractivity contribution is 0.0356. The number of methoxy groups -OCH3 is 1. The van der Waals surface area contributed by atoms with E-state index in [2.05, 4.69) is 15.3 Å². The molecule has 0 amide bonds. The van der Waals surface area contributed by atoms with Crippen molar-refractivity contribution in [1.29, 1.82) is 5.26 Å². The maximum absolute atomic E-state index is 10.0. The molecule has 18 heavy (non-hydrogen) atoms. The molecule has 98 valence electrons. The summed E-state index contributed by atoms with van der Waals surface area (Å²) in [5.41, 5.74) is 0.109. The van der Waals surface area contributed by atoms with Crippen LogP contribution in [0.5, 0.6) is 0 Å². The number of nitrogens with one attached hydrogen (secondary N) is 1. The highest BCUT2D eigenvalue weighted by atomic mass is 16.5. The Hall–Kier alpha value is -1.71. The van der Waals surface area contributed by atoms with Crippen molar-refractivity contribution >= 4 is 5.95 Å². The molecule has 0 saturated heterocycles. The number of hydrogen-bond donors (Lipinski definition) is 2. The van der Waals surface area contributed by atoms with Crippen molar-refractivity contribution < 1.29 is 9.84 Å². The van der Waals surface area contributed by atoms with E-state index in [1.54, 1.807) is 27.0 Å².